The van der Waals surface area contributed by atoms with Gasteiger partial charge in [-0.3, -0.25) is 5.10 Å². The molecule has 10 heteroatoms. The third-order valence-electron chi connectivity index (χ3n) is 4.13. The van der Waals surface area contributed by atoms with E-state index >= 15 is 0 Å². The molecule has 0 aliphatic carbocycles. The third-order valence-corrected chi connectivity index (χ3v) is 5.52. The number of rotatable bonds is 7. The molecule has 30 heavy (non-hydrogen) atoms. The van der Waals surface area contributed by atoms with Gasteiger partial charge in [0.25, 0.3) is 0 Å². The van der Waals surface area contributed by atoms with E-state index in [4.69, 9.17) is 21.4 Å². The molecule has 0 amide bonds. The Labute approximate surface area is 179 Å². The van der Waals surface area contributed by atoms with E-state index in [2.05, 4.69) is 20.2 Å². The normalized spacial score (nSPS) is 11.2. The highest BCUT2D eigenvalue weighted by Crippen LogP contribution is 2.37. The number of halogens is 3. The number of aromatic nitrogens is 4. The zero-order chi connectivity index (χ0) is 21.1. The first-order valence-corrected chi connectivity index (χ1v) is 10.3. The number of thioether (sulfide) groups is 1. The minimum atomic E-state index is -0.866. The average molecular weight is 449 g/mol. The summed E-state index contributed by atoms with van der Waals surface area (Å²) in [7, 11) is 0. The van der Waals surface area contributed by atoms with Gasteiger partial charge in [-0.25, -0.2) is 8.78 Å². The van der Waals surface area contributed by atoms with Crippen molar-refractivity contribution in [2.75, 3.05) is 12.4 Å². The van der Waals surface area contributed by atoms with Crippen LogP contribution in [0.4, 0.5) is 8.78 Å². The lowest BCUT2D eigenvalue weighted by atomic mass is 10.1. The van der Waals surface area contributed by atoms with E-state index in [1.165, 1.54) is 17.8 Å². The van der Waals surface area contributed by atoms with Crippen molar-refractivity contribution in [1.82, 2.24) is 20.2 Å². The highest BCUT2D eigenvalue weighted by Gasteiger charge is 2.20. The molecule has 0 fully saturated rings. The second-order valence-corrected chi connectivity index (χ2v) is 7.68. The Balaban J connectivity index is 1.80. The predicted molar refractivity (Wildman–Crippen MR) is 111 cm³/mol. The lowest BCUT2D eigenvalue weighted by molar-refractivity contribution is 0.296. The fourth-order valence-corrected chi connectivity index (χ4v) is 3.94. The lowest BCUT2D eigenvalue weighted by Crippen LogP contribution is -1.98. The number of H-pyrrole nitrogens is 1. The summed E-state index contributed by atoms with van der Waals surface area (Å²) in [6.07, 6.45) is 0.554. The van der Waals surface area contributed by atoms with E-state index in [0.717, 1.165) is 12.1 Å². The van der Waals surface area contributed by atoms with Crippen molar-refractivity contribution in [3.63, 3.8) is 0 Å². The summed E-state index contributed by atoms with van der Waals surface area (Å²) < 4.78 is 32.6. The van der Waals surface area contributed by atoms with Crippen LogP contribution in [0, 0.1) is 11.6 Å². The SMILES string of the molecule is OCCCSc1nc(Oc2ccc(F)cc2F)nc2[nH]nc(-c3ccccc3Cl)c12. The first kappa shape index (κ1) is 20.5. The molecule has 2 N–H and O–H groups in total. The van der Waals surface area contributed by atoms with Crippen LogP contribution in [0.2, 0.25) is 5.02 Å². The van der Waals surface area contributed by atoms with E-state index in [1.807, 2.05) is 18.2 Å². The standard InChI is InChI=1S/C20H15ClF2N4O2S/c21-13-5-2-1-4-12(13)17-16-18(27-26-17)24-20(25-19(16)30-9-3-8-28)29-15-7-6-11(22)10-14(15)23/h1-2,4-7,10,28H,3,8-9H2,(H,24,25,26,27). The Bertz CT molecular complexity index is 1200. The van der Waals surface area contributed by atoms with E-state index in [9.17, 15) is 8.78 Å². The number of aliphatic hydroxyl groups is 1. The molecular weight excluding hydrogens is 434 g/mol. The molecule has 4 rings (SSSR count). The molecule has 0 saturated heterocycles. The Morgan fingerprint density at radius 2 is 1.97 bits per heavy atom. The molecule has 0 atom stereocenters. The highest BCUT2D eigenvalue weighted by atomic mass is 35.5. The third kappa shape index (κ3) is 4.23. The maximum absolute atomic E-state index is 14.0. The second kappa shape index (κ2) is 8.95. The summed E-state index contributed by atoms with van der Waals surface area (Å²) in [6, 6.07) is 10.1. The molecule has 2 heterocycles. The minimum Gasteiger partial charge on any atom is -0.421 e. The van der Waals surface area contributed by atoms with Crippen molar-refractivity contribution in [1.29, 1.82) is 0 Å². The fourth-order valence-electron chi connectivity index (χ4n) is 2.77. The number of aliphatic hydroxyl groups excluding tert-OH is 1. The van der Waals surface area contributed by atoms with Crippen molar-refractivity contribution in [3.05, 3.63) is 59.1 Å². The Hall–Kier alpha value is -2.75. The van der Waals surface area contributed by atoms with Gasteiger partial charge >= 0.3 is 6.01 Å². The van der Waals surface area contributed by atoms with Crippen molar-refractivity contribution in [3.8, 4) is 23.0 Å². The quantitative estimate of drug-likeness (QED) is 0.229. The minimum absolute atomic E-state index is 0.0358. The van der Waals surface area contributed by atoms with Crippen LogP contribution in [-0.2, 0) is 0 Å². The molecule has 0 aliphatic heterocycles. The molecule has 0 saturated carbocycles. The molecule has 2 aromatic carbocycles. The smallest absolute Gasteiger partial charge is 0.325 e. The number of aromatic amines is 1. The monoisotopic (exact) mass is 448 g/mol. The summed E-state index contributed by atoms with van der Waals surface area (Å²) in [5.74, 6) is -1.20. The maximum Gasteiger partial charge on any atom is 0.325 e. The highest BCUT2D eigenvalue weighted by molar-refractivity contribution is 7.99. The van der Waals surface area contributed by atoms with Gasteiger partial charge in [-0.1, -0.05) is 29.8 Å². The van der Waals surface area contributed by atoms with E-state index in [1.54, 1.807) is 6.07 Å². The summed E-state index contributed by atoms with van der Waals surface area (Å²) in [5, 5.41) is 18.0. The van der Waals surface area contributed by atoms with Crippen LogP contribution in [0.5, 0.6) is 11.8 Å². The zero-order valence-electron chi connectivity index (χ0n) is 15.4. The summed E-state index contributed by atoms with van der Waals surface area (Å²) in [6.45, 7) is 0.0358. The maximum atomic E-state index is 14.0. The van der Waals surface area contributed by atoms with Crippen LogP contribution in [0.25, 0.3) is 22.3 Å². The van der Waals surface area contributed by atoms with E-state index in [-0.39, 0.29) is 18.4 Å². The van der Waals surface area contributed by atoms with Gasteiger partial charge in [0.15, 0.2) is 17.2 Å². The van der Waals surface area contributed by atoms with Gasteiger partial charge in [-0.15, -0.1) is 11.8 Å². The van der Waals surface area contributed by atoms with E-state index < -0.39 is 11.6 Å². The van der Waals surface area contributed by atoms with Crippen LogP contribution >= 0.6 is 23.4 Å². The molecule has 0 aliphatic rings. The largest absolute Gasteiger partial charge is 0.421 e. The van der Waals surface area contributed by atoms with Crippen LogP contribution in [0.1, 0.15) is 6.42 Å². The number of fused-ring (bicyclic) bond motifs is 1. The summed E-state index contributed by atoms with van der Waals surface area (Å²) in [5.41, 5.74) is 1.65. The predicted octanol–water partition coefficient (Wildman–Crippen LogP) is 5.22. The molecule has 0 radical (unpaired) electrons. The lowest BCUT2D eigenvalue weighted by Gasteiger charge is -2.09. The van der Waals surface area contributed by atoms with Crippen molar-refractivity contribution in [2.24, 2.45) is 0 Å². The Morgan fingerprint density at radius 1 is 1.13 bits per heavy atom. The number of benzene rings is 2. The van der Waals surface area contributed by atoms with Gasteiger partial charge in [-0.2, -0.15) is 15.1 Å². The molecular formula is C20H15ClF2N4O2S. The molecule has 0 unspecified atom stereocenters. The Morgan fingerprint density at radius 3 is 2.73 bits per heavy atom. The molecule has 0 bridgehead atoms. The number of hydrogen-bond donors (Lipinski definition) is 2. The number of ether oxygens (including phenoxy) is 1. The molecule has 2 aromatic heterocycles. The first-order chi connectivity index (χ1) is 14.6. The Kier molecular flexibility index (Phi) is 6.12. The second-order valence-electron chi connectivity index (χ2n) is 6.19. The van der Waals surface area contributed by atoms with Gasteiger partial charge < -0.3 is 9.84 Å². The molecule has 6 nitrogen and oxygen atoms in total. The zero-order valence-corrected chi connectivity index (χ0v) is 17.0. The van der Waals surface area contributed by atoms with Crippen LogP contribution < -0.4 is 4.74 Å². The number of hydrogen-bond acceptors (Lipinski definition) is 6. The number of nitrogens with one attached hydrogen (secondary N) is 1. The first-order valence-electron chi connectivity index (χ1n) is 8.94. The fraction of sp³-hybridized carbons (Fsp3) is 0.150. The molecule has 0 spiro atoms. The van der Waals surface area contributed by atoms with Gasteiger partial charge in [0.1, 0.15) is 16.5 Å². The number of nitrogens with zero attached hydrogens (tertiary/aromatic N) is 3. The van der Waals surface area contributed by atoms with Crippen LogP contribution in [-0.4, -0.2) is 37.6 Å². The summed E-state index contributed by atoms with van der Waals surface area (Å²) >= 11 is 7.71. The summed E-state index contributed by atoms with van der Waals surface area (Å²) in [4.78, 5) is 8.69. The van der Waals surface area contributed by atoms with Gasteiger partial charge in [0.2, 0.25) is 0 Å². The molecule has 154 valence electrons. The van der Waals surface area contributed by atoms with E-state index in [0.29, 0.717) is 44.5 Å². The van der Waals surface area contributed by atoms with Crippen molar-refractivity contribution < 1.29 is 18.6 Å². The van der Waals surface area contributed by atoms with Crippen molar-refractivity contribution >= 4 is 34.4 Å². The topological polar surface area (TPSA) is 83.9 Å². The van der Waals surface area contributed by atoms with Gasteiger partial charge in [-0.05, 0) is 24.6 Å². The van der Waals surface area contributed by atoms with Crippen molar-refractivity contribution in [2.45, 2.75) is 11.4 Å². The van der Waals surface area contributed by atoms with Crippen LogP contribution in [0.15, 0.2) is 47.5 Å². The average Bonchev–Trinajstić information content (AvgIpc) is 3.14. The van der Waals surface area contributed by atoms with Crippen LogP contribution in [0.3, 0.4) is 0 Å². The van der Waals surface area contributed by atoms with Gasteiger partial charge in [0, 0.05) is 24.0 Å². The van der Waals surface area contributed by atoms with Gasteiger partial charge in [0.05, 0.1) is 10.4 Å². The molecule has 4 aromatic rings.